The van der Waals surface area contributed by atoms with E-state index in [1.165, 1.54) is 7.05 Å². The molecule has 3 heterocycles. The zero-order valence-electron chi connectivity index (χ0n) is 16.3. The van der Waals surface area contributed by atoms with Crippen molar-refractivity contribution < 1.29 is 36.4 Å². The van der Waals surface area contributed by atoms with Crippen molar-refractivity contribution in [3.05, 3.63) is 35.5 Å². The fourth-order valence-electron chi connectivity index (χ4n) is 2.92. The van der Waals surface area contributed by atoms with E-state index in [1.54, 1.807) is 0 Å². The first-order valence-electron chi connectivity index (χ1n) is 8.67. The Morgan fingerprint density at radius 1 is 1.35 bits per heavy atom. The Labute approximate surface area is 172 Å². The van der Waals surface area contributed by atoms with Gasteiger partial charge < -0.3 is 20.5 Å². The summed E-state index contributed by atoms with van der Waals surface area (Å²) in [6.45, 7) is -1.21. The molecule has 5 N–H and O–H groups in total. The van der Waals surface area contributed by atoms with Crippen molar-refractivity contribution in [1.29, 1.82) is 0 Å². The van der Waals surface area contributed by atoms with Gasteiger partial charge in [-0.05, 0) is 19.1 Å². The predicted molar refractivity (Wildman–Crippen MR) is 98.8 cm³/mol. The summed E-state index contributed by atoms with van der Waals surface area (Å²) in [5.74, 6) is -6.43. The maximum atomic E-state index is 14.8. The number of halogens is 4. The maximum absolute atomic E-state index is 14.8. The summed E-state index contributed by atoms with van der Waals surface area (Å²) in [5.41, 5.74) is 7.87. The molecular weight excluding hydrogens is 426 g/mol. The van der Waals surface area contributed by atoms with Crippen LogP contribution in [0, 0.1) is 5.82 Å². The number of hydrogen-bond donors (Lipinski definition) is 3. The Balaban J connectivity index is 1.97. The standard InChI is InChI=1S/C17H17F4N7O3/c1-16(17(20,21)6-30-15(23)28(16)2)12-8(19)3-4-9(25-12)26-14(29)11-13(22)27-10(5-24-11)31-7-18/h3-5,23H,6-7H2,1-2H3,(H3,22,25,26,27,29)/p+1. The van der Waals surface area contributed by atoms with Crippen LogP contribution in [0.4, 0.5) is 29.2 Å². The van der Waals surface area contributed by atoms with Crippen molar-refractivity contribution in [3.8, 4) is 5.88 Å². The molecule has 0 spiro atoms. The largest absolute Gasteiger partial charge is 0.445 e. The van der Waals surface area contributed by atoms with Crippen molar-refractivity contribution in [2.45, 2.75) is 18.4 Å². The maximum Gasteiger partial charge on any atom is 0.442 e. The van der Waals surface area contributed by atoms with Crippen LogP contribution in [-0.2, 0) is 10.3 Å². The third-order valence-electron chi connectivity index (χ3n) is 4.86. The van der Waals surface area contributed by atoms with E-state index in [0.717, 1.165) is 29.8 Å². The average Bonchev–Trinajstić information content (AvgIpc) is 2.71. The summed E-state index contributed by atoms with van der Waals surface area (Å²) in [4.78, 5) is 23.7. The molecule has 1 atom stereocenters. The topological polar surface area (TPSA) is 141 Å². The highest BCUT2D eigenvalue weighted by Crippen LogP contribution is 2.42. The Kier molecular flexibility index (Phi) is 5.57. The minimum Gasteiger partial charge on any atom is -0.445 e. The number of anilines is 2. The van der Waals surface area contributed by atoms with Gasteiger partial charge >= 0.3 is 11.9 Å². The van der Waals surface area contributed by atoms with Gasteiger partial charge in [-0.3, -0.25) is 10.5 Å². The number of carbonyl (C=O) groups excluding carboxylic acids is 1. The number of ether oxygens (including phenoxy) is 2. The number of nitrogens with one attached hydrogen (secondary N) is 1. The lowest BCUT2D eigenvalue weighted by Crippen LogP contribution is -2.60. The van der Waals surface area contributed by atoms with Crippen LogP contribution < -0.4 is 21.5 Å². The van der Waals surface area contributed by atoms with Crippen molar-refractivity contribution in [2.24, 2.45) is 5.73 Å². The van der Waals surface area contributed by atoms with Crippen molar-refractivity contribution in [3.63, 3.8) is 0 Å². The second kappa shape index (κ2) is 7.85. The summed E-state index contributed by atoms with van der Waals surface area (Å²) < 4.78 is 66.4. The molecule has 2 aromatic heterocycles. The van der Waals surface area contributed by atoms with Crippen molar-refractivity contribution >= 4 is 23.6 Å². The van der Waals surface area contributed by atoms with Crippen LogP contribution in [0.1, 0.15) is 23.1 Å². The van der Waals surface area contributed by atoms with Gasteiger partial charge in [0, 0.05) is 0 Å². The summed E-state index contributed by atoms with van der Waals surface area (Å²) in [7, 11) is 1.20. The molecule has 0 fully saturated rings. The number of nitrogens with two attached hydrogens (primary N) is 2. The lowest BCUT2D eigenvalue weighted by atomic mass is 9.87. The molecular formula is C17H18F4N7O3+. The number of aromatic nitrogens is 3. The van der Waals surface area contributed by atoms with Gasteiger partial charge in [0.2, 0.25) is 18.3 Å². The summed E-state index contributed by atoms with van der Waals surface area (Å²) in [6.07, 6.45) is 0.964. The summed E-state index contributed by atoms with van der Waals surface area (Å²) >= 11 is 0. The van der Waals surface area contributed by atoms with Crippen molar-refractivity contribution in [1.82, 2.24) is 15.0 Å². The molecule has 1 unspecified atom stereocenters. The Morgan fingerprint density at radius 3 is 2.71 bits per heavy atom. The average molecular weight is 444 g/mol. The lowest BCUT2D eigenvalue weighted by molar-refractivity contribution is -0.638. The molecule has 1 amide bonds. The first kappa shape index (κ1) is 22.0. The number of amides is 1. The highest BCUT2D eigenvalue weighted by Gasteiger charge is 2.62. The molecule has 31 heavy (non-hydrogen) atoms. The Bertz CT molecular complexity index is 1070. The van der Waals surface area contributed by atoms with Crippen LogP contribution in [0.2, 0.25) is 0 Å². The molecule has 0 aromatic carbocycles. The molecule has 3 rings (SSSR count). The zero-order chi connectivity index (χ0) is 23.0. The van der Waals surface area contributed by atoms with E-state index >= 15 is 0 Å². The molecule has 0 radical (unpaired) electrons. The number of rotatable bonds is 5. The molecule has 0 saturated heterocycles. The van der Waals surface area contributed by atoms with Crippen LogP contribution in [0.15, 0.2) is 18.3 Å². The highest BCUT2D eigenvalue weighted by atomic mass is 19.3. The van der Waals surface area contributed by atoms with Gasteiger partial charge in [0.25, 0.3) is 5.91 Å². The van der Waals surface area contributed by atoms with Gasteiger partial charge in [-0.15, -0.1) is 0 Å². The SMILES string of the molecule is C[N+]1=C(N)OCC(F)(F)C1(C)c1nc(NC(=O)c2ncc(OCF)nc2N)ccc1F. The number of amidine groups is 1. The van der Waals surface area contributed by atoms with E-state index in [9.17, 15) is 22.4 Å². The first-order valence-corrected chi connectivity index (χ1v) is 8.67. The third-order valence-corrected chi connectivity index (χ3v) is 4.86. The number of pyridine rings is 1. The summed E-state index contributed by atoms with van der Waals surface area (Å²) in [6, 6.07) is 1.59. The number of carbonyl (C=O) groups is 1. The number of nitrogens with zero attached hydrogens (tertiary/aromatic N) is 4. The molecule has 0 saturated carbocycles. The quantitative estimate of drug-likeness (QED) is 0.458. The summed E-state index contributed by atoms with van der Waals surface area (Å²) in [5, 5.41) is 2.28. The predicted octanol–water partition coefficient (Wildman–Crippen LogP) is 0.989. The smallest absolute Gasteiger partial charge is 0.442 e. The second-order valence-electron chi connectivity index (χ2n) is 6.64. The zero-order valence-corrected chi connectivity index (χ0v) is 16.3. The van der Waals surface area contributed by atoms with Gasteiger partial charge in [0.15, 0.2) is 18.1 Å². The number of alkyl halides is 3. The lowest BCUT2D eigenvalue weighted by Gasteiger charge is -2.38. The molecule has 0 aliphatic carbocycles. The highest BCUT2D eigenvalue weighted by molar-refractivity contribution is 6.05. The van der Waals surface area contributed by atoms with Gasteiger partial charge in [0.05, 0.1) is 13.2 Å². The van der Waals surface area contributed by atoms with E-state index in [0.29, 0.717) is 0 Å². The van der Waals surface area contributed by atoms with Crippen LogP contribution in [0.5, 0.6) is 5.88 Å². The fourth-order valence-corrected chi connectivity index (χ4v) is 2.92. The van der Waals surface area contributed by atoms with Crippen molar-refractivity contribution in [2.75, 3.05) is 31.6 Å². The van der Waals surface area contributed by atoms with E-state index in [1.807, 2.05) is 0 Å². The van der Waals surface area contributed by atoms with Gasteiger partial charge in [-0.2, -0.15) is 13.8 Å². The van der Waals surface area contributed by atoms with Crippen LogP contribution >= 0.6 is 0 Å². The Morgan fingerprint density at radius 2 is 2.06 bits per heavy atom. The Hall–Kier alpha value is -3.71. The van der Waals surface area contributed by atoms with Gasteiger partial charge in [-0.25, -0.2) is 23.3 Å². The number of hydrogen-bond acceptors (Lipinski definition) is 8. The molecule has 0 bridgehead atoms. The van der Waals surface area contributed by atoms with E-state index in [-0.39, 0.29) is 29.2 Å². The van der Waals surface area contributed by atoms with E-state index < -0.39 is 42.3 Å². The van der Waals surface area contributed by atoms with Gasteiger partial charge in [-0.1, -0.05) is 0 Å². The first-order chi connectivity index (χ1) is 14.5. The molecule has 10 nitrogen and oxygen atoms in total. The molecule has 14 heteroatoms. The van der Waals surface area contributed by atoms with Crippen LogP contribution in [0.3, 0.4) is 0 Å². The molecule has 166 valence electrons. The fraction of sp³-hybridized carbons (Fsp3) is 0.353. The van der Waals surface area contributed by atoms with E-state index in [2.05, 4.69) is 25.0 Å². The van der Waals surface area contributed by atoms with Crippen LogP contribution in [-0.4, -0.2) is 57.9 Å². The normalized spacial score (nSPS) is 20.2. The molecule has 1 aliphatic heterocycles. The molecule has 1 aliphatic rings. The monoisotopic (exact) mass is 444 g/mol. The van der Waals surface area contributed by atoms with Crippen LogP contribution in [0.25, 0.3) is 0 Å². The van der Waals surface area contributed by atoms with E-state index in [4.69, 9.17) is 16.2 Å². The minimum atomic E-state index is -3.58. The molecule has 2 aromatic rings. The third kappa shape index (κ3) is 3.75. The minimum absolute atomic E-state index is 0.245. The second-order valence-corrected chi connectivity index (χ2v) is 6.64. The number of nitrogen functional groups attached to an aromatic ring is 1. The van der Waals surface area contributed by atoms with Gasteiger partial charge in [0.1, 0.15) is 17.3 Å².